The number of rotatable bonds is 1. The lowest BCUT2D eigenvalue weighted by Gasteiger charge is -1.85. The van der Waals surface area contributed by atoms with Crippen LogP contribution in [0.15, 0.2) is 29.4 Å². The number of pyridine rings is 1. The largest absolute Gasteiger partial charge is 0.294 e. The number of hydrogen-bond donors (Lipinski definition) is 0. The van der Waals surface area contributed by atoms with E-state index in [1.165, 1.54) is 6.42 Å². The molecule has 2 nitrogen and oxygen atoms in total. The van der Waals surface area contributed by atoms with Gasteiger partial charge in [0.2, 0.25) is 0 Å². The molecule has 0 N–H and O–H groups in total. The zero-order valence-corrected chi connectivity index (χ0v) is 7.99. The standard InChI is InChI=1S/C7H8N2.C3H8/c1-8-6-7-4-2-3-5-9-7;1-3-2/h2-6H,1H3;3H2,1-2H3. The summed E-state index contributed by atoms with van der Waals surface area (Å²) in [5.41, 5.74) is 0.903. The molecular weight excluding hydrogens is 148 g/mol. The molecule has 0 unspecified atom stereocenters. The Morgan fingerprint density at radius 1 is 1.42 bits per heavy atom. The van der Waals surface area contributed by atoms with E-state index in [0.29, 0.717) is 0 Å². The molecule has 66 valence electrons. The third-order valence-electron chi connectivity index (χ3n) is 0.949. The normalized spacial score (nSPS) is 9.25. The first-order chi connectivity index (χ1) is 5.85. The first kappa shape index (κ1) is 10.8. The van der Waals surface area contributed by atoms with Crippen LogP contribution in [0.2, 0.25) is 0 Å². The molecule has 1 aromatic rings. The highest BCUT2D eigenvalue weighted by molar-refractivity contribution is 5.76. The van der Waals surface area contributed by atoms with E-state index in [2.05, 4.69) is 23.8 Å². The molecule has 0 bridgehead atoms. The molecule has 0 radical (unpaired) electrons. The van der Waals surface area contributed by atoms with E-state index < -0.39 is 0 Å². The van der Waals surface area contributed by atoms with Gasteiger partial charge in [0.25, 0.3) is 0 Å². The average molecular weight is 164 g/mol. The van der Waals surface area contributed by atoms with Crippen molar-refractivity contribution in [2.45, 2.75) is 20.3 Å². The summed E-state index contributed by atoms with van der Waals surface area (Å²) in [6.45, 7) is 4.25. The molecule has 0 amide bonds. The Morgan fingerprint density at radius 2 is 2.08 bits per heavy atom. The van der Waals surface area contributed by atoms with Crippen molar-refractivity contribution in [3.8, 4) is 0 Å². The van der Waals surface area contributed by atoms with E-state index in [1.807, 2.05) is 18.2 Å². The monoisotopic (exact) mass is 164 g/mol. The van der Waals surface area contributed by atoms with Gasteiger partial charge in [-0.2, -0.15) is 0 Å². The lowest BCUT2D eigenvalue weighted by atomic mass is 10.4. The minimum absolute atomic E-state index is 0.903. The first-order valence-corrected chi connectivity index (χ1v) is 4.18. The van der Waals surface area contributed by atoms with Gasteiger partial charge < -0.3 is 0 Å². The molecule has 0 aliphatic carbocycles. The molecule has 12 heavy (non-hydrogen) atoms. The SMILES string of the molecule is CCC.CN=Cc1ccccn1. The summed E-state index contributed by atoms with van der Waals surface area (Å²) in [5, 5.41) is 0. The van der Waals surface area contributed by atoms with Crippen molar-refractivity contribution >= 4 is 6.21 Å². The highest BCUT2D eigenvalue weighted by atomic mass is 14.7. The van der Waals surface area contributed by atoms with E-state index in [-0.39, 0.29) is 0 Å². The predicted molar refractivity (Wildman–Crippen MR) is 53.7 cm³/mol. The predicted octanol–water partition coefficient (Wildman–Crippen LogP) is 2.55. The Bertz CT molecular complexity index is 204. The minimum atomic E-state index is 0.903. The summed E-state index contributed by atoms with van der Waals surface area (Å²) < 4.78 is 0. The summed E-state index contributed by atoms with van der Waals surface area (Å²) in [6.07, 6.45) is 4.72. The number of nitrogens with zero attached hydrogens (tertiary/aromatic N) is 2. The van der Waals surface area contributed by atoms with Crippen molar-refractivity contribution in [1.29, 1.82) is 0 Å². The van der Waals surface area contributed by atoms with Gasteiger partial charge in [-0.25, -0.2) is 0 Å². The fourth-order valence-electron chi connectivity index (χ4n) is 0.585. The Morgan fingerprint density at radius 3 is 2.50 bits per heavy atom. The van der Waals surface area contributed by atoms with Crippen LogP contribution in [0.1, 0.15) is 26.0 Å². The molecule has 0 saturated heterocycles. The highest BCUT2D eigenvalue weighted by Crippen LogP contribution is 1.86. The zero-order valence-electron chi connectivity index (χ0n) is 7.99. The van der Waals surface area contributed by atoms with Crippen LogP contribution in [0.5, 0.6) is 0 Å². The lowest BCUT2D eigenvalue weighted by molar-refractivity contribution is 1.09. The van der Waals surface area contributed by atoms with E-state index in [0.717, 1.165) is 5.69 Å². The molecule has 0 atom stereocenters. The van der Waals surface area contributed by atoms with Crippen LogP contribution < -0.4 is 0 Å². The molecule has 0 aromatic carbocycles. The molecule has 0 aliphatic rings. The van der Waals surface area contributed by atoms with Crippen molar-refractivity contribution in [2.75, 3.05) is 7.05 Å². The van der Waals surface area contributed by atoms with Crippen LogP contribution in [-0.2, 0) is 0 Å². The zero-order chi connectivity index (χ0) is 9.23. The summed E-state index contributed by atoms with van der Waals surface area (Å²) in [4.78, 5) is 7.84. The van der Waals surface area contributed by atoms with Gasteiger partial charge >= 0.3 is 0 Å². The van der Waals surface area contributed by atoms with Crippen LogP contribution in [0, 0.1) is 0 Å². The lowest BCUT2D eigenvalue weighted by Crippen LogP contribution is -1.82. The average Bonchev–Trinajstić information content (AvgIpc) is 2.08. The third kappa shape index (κ3) is 5.59. The molecule has 0 fully saturated rings. The van der Waals surface area contributed by atoms with Crippen LogP contribution in [0.25, 0.3) is 0 Å². The maximum atomic E-state index is 4.02. The fourth-order valence-corrected chi connectivity index (χ4v) is 0.585. The number of aliphatic imine (C=N–C) groups is 1. The van der Waals surface area contributed by atoms with Gasteiger partial charge in [-0.1, -0.05) is 26.3 Å². The Labute approximate surface area is 74.4 Å². The van der Waals surface area contributed by atoms with Gasteiger partial charge in [-0.15, -0.1) is 0 Å². The smallest absolute Gasteiger partial charge is 0.0807 e. The molecule has 1 rings (SSSR count). The van der Waals surface area contributed by atoms with E-state index in [4.69, 9.17) is 0 Å². The molecule has 1 heterocycles. The maximum absolute atomic E-state index is 4.02. The van der Waals surface area contributed by atoms with E-state index in [1.54, 1.807) is 19.5 Å². The van der Waals surface area contributed by atoms with Crippen LogP contribution in [0.3, 0.4) is 0 Å². The molecule has 0 spiro atoms. The Kier molecular flexibility index (Phi) is 7.14. The fraction of sp³-hybridized carbons (Fsp3) is 0.400. The van der Waals surface area contributed by atoms with Gasteiger partial charge in [0.1, 0.15) is 0 Å². The van der Waals surface area contributed by atoms with Crippen molar-refractivity contribution in [3.05, 3.63) is 30.1 Å². The van der Waals surface area contributed by atoms with Crippen molar-refractivity contribution in [3.63, 3.8) is 0 Å². The van der Waals surface area contributed by atoms with Crippen LogP contribution >= 0.6 is 0 Å². The van der Waals surface area contributed by atoms with E-state index in [9.17, 15) is 0 Å². The van der Waals surface area contributed by atoms with Gasteiger partial charge in [0.05, 0.1) is 5.69 Å². The summed E-state index contributed by atoms with van der Waals surface area (Å²) in [6, 6.07) is 5.73. The second-order valence-corrected chi connectivity index (χ2v) is 2.35. The number of hydrogen-bond acceptors (Lipinski definition) is 2. The third-order valence-corrected chi connectivity index (χ3v) is 0.949. The second-order valence-electron chi connectivity index (χ2n) is 2.35. The molecule has 1 aromatic heterocycles. The maximum Gasteiger partial charge on any atom is 0.0807 e. The van der Waals surface area contributed by atoms with Gasteiger partial charge in [0.15, 0.2) is 0 Å². The van der Waals surface area contributed by atoms with Gasteiger partial charge in [-0.05, 0) is 12.1 Å². The quantitative estimate of drug-likeness (QED) is 0.585. The topological polar surface area (TPSA) is 25.2 Å². The van der Waals surface area contributed by atoms with Gasteiger partial charge in [0, 0.05) is 19.5 Å². The summed E-state index contributed by atoms with van der Waals surface area (Å²) >= 11 is 0. The Hall–Kier alpha value is -1.18. The molecule has 2 heteroatoms. The van der Waals surface area contributed by atoms with Crippen LogP contribution in [0.4, 0.5) is 0 Å². The Balaban J connectivity index is 0.000000354. The van der Waals surface area contributed by atoms with Crippen molar-refractivity contribution in [1.82, 2.24) is 4.98 Å². The highest BCUT2D eigenvalue weighted by Gasteiger charge is 1.80. The number of aromatic nitrogens is 1. The minimum Gasteiger partial charge on any atom is -0.294 e. The summed E-state index contributed by atoms with van der Waals surface area (Å²) in [5.74, 6) is 0. The molecule has 0 aliphatic heterocycles. The van der Waals surface area contributed by atoms with Crippen molar-refractivity contribution in [2.24, 2.45) is 4.99 Å². The molecular formula is C10H16N2. The first-order valence-electron chi connectivity index (χ1n) is 4.18. The van der Waals surface area contributed by atoms with Crippen LogP contribution in [-0.4, -0.2) is 18.2 Å². The van der Waals surface area contributed by atoms with Gasteiger partial charge in [-0.3, -0.25) is 9.98 Å². The second kappa shape index (κ2) is 7.92. The summed E-state index contributed by atoms with van der Waals surface area (Å²) in [7, 11) is 1.73. The van der Waals surface area contributed by atoms with E-state index >= 15 is 0 Å². The van der Waals surface area contributed by atoms with Crippen molar-refractivity contribution < 1.29 is 0 Å². The molecule has 0 saturated carbocycles.